The van der Waals surface area contributed by atoms with E-state index in [-0.39, 0.29) is 11.9 Å². The second-order valence-electron chi connectivity index (χ2n) is 5.05. The van der Waals surface area contributed by atoms with Crippen molar-refractivity contribution in [2.45, 2.75) is 19.9 Å². The summed E-state index contributed by atoms with van der Waals surface area (Å²) < 4.78 is 19.2. The molecule has 1 N–H and O–H groups in total. The van der Waals surface area contributed by atoms with Crippen LogP contribution in [0.2, 0.25) is 0 Å². The Hall–Kier alpha value is -2.20. The minimum atomic E-state index is -0.257. The highest BCUT2D eigenvalue weighted by Crippen LogP contribution is 2.29. The van der Waals surface area contributed by atoms with Crippen molar-refractivity contribution in [3.63, 3.8) is 0 Å². The SMILES string of the molecule is CCNC(c1cc2cc(F)ccc2o1)c1cnccc1C. The summed E-state index contributed by atoms with van der Waals surface area (Å²) in [5, 5.41) is 4.18. The third-order valence-electron chi connectivity index (χ3n) is 3.58. The summed E-state index contributed by atoms with van der Waals surface area (Å²) in [6.45, 7) is 4.88. The first-order valence-corrected chi connectivity index (χ1v) is 7.02. The Balaban J connectivity index is 2.09. The van der Waals surface area contributed by atoms with Gasteiger partial charge in [-0.05, 0) is 54.9 Å². The molecule has 3 nitrogen and oxygen atoms in total. The lowest BCUT2D eigenvalue weighted by molar-refractivity contribution is 0.475. The van der Waals surface area contributed by atoms with Gasteiger partial charge in [0.15, 0.2) is 0 Å². The van der Waals surface area contributed by atoms with Gasteiger partial charge >= 0.3 is 0 Å². The van der Waals surface area contributed by atoms with E-state index in [1.807, 2.05) is 32.2 Å². The number of nitrogens with one attached hydrogen (secondary N) is 1. The van der Waals surface area contributed by atoms with Gasteiger partial charge in [-0.1, -0.05) is 6.92 Å². The second-order valence-corrected chi connectivity index (χ2v) is 5.05. The Kier molecular flexibility index (Phi) is 3.71. The summed E-state index contributed by atoms with van der Waals surface area (Å²) in [7, 11) is 0. The summed E-state index contributed by atoms with van der Waals surface area (Å²) in [4.78, 5) is 4.20. The fourth-order valence-corrected chi connectivity index (χ4v) is 2.52. The fraction of sp³-hybridized carbons (Fsp3) is 0.235. The molecule has 21 heavy (non-hydrogen) atoms. The molecule has 0 saturated carbocycles. The predicted octanol–water partition coefficient (Wildman–Crippen LogP) is 3.97. The number of hydrogen-bond acceptors (Lipinski definition) is 3. The molecule has 0 radical (unpaired) electrons. The number of pyridine rings is 1. The van der Waals surface area contributed by atoms with E-state index < -0.39 is 0 Å². The Morgan fingerprint density at radius 3 is 2.90 bits per heavy atom. The lowest BCUT2D eigenvalue weighted by atomic mass is 10.0. The van der Waals surface area contributed by atoms with Gasteiger partial charge in [0.25, 0.3) is 0 Å². The molecule has 0 amide bonds. The van der Waals surface area contributed by atoms with Crippen molar-refractivity contribution in [2.24, 2.45) is 0 Å². The minimum Gasteiger partial charge on any atom is -0.459 e. The zero-order valence-corrected chi connectivity index (χ0v) is 12.1. The summed E-state index contributed by atoms with van der Waals surface area (Å²) in [6, 6.07) is 8.33. The molecule has 3 rings (SSSR count). The van der Waals surface area contributed by atoms with Gasteiger partial charge in [-0.2, -0.15) is 0 Å². The van der Waals surface area contributed by atoms with Crippen molar-refractivity contribution < 1.29 is 8.81 Å². The molecule has 0 aliphatic heterocycles. The maximum atomic E-state index is 13.3. The summed E-state index contributed by atoms with van der Waals surface area (Å²) in [6.07, 6.45) is 3.62. The number of halogens is 1. The van der Waals surface area contributed by atoms with Crippen molar-refractivity contribution in [3.8, 4) is 0 Å². The number of aromatic nitrogens is 1. The maximum absolute atomic E-state index is 13.3. The van der Waals surface area contributed by atoms with Crippen LogP contribution >= 0.6 is 0 Å². The highest BCUT2D eigenvalue weighted by Gasteiger charge is 2.19. The lowest BCUT2D eigenvalue weighted by Gasteiger charge is -2.17. The molecule has 108 valence electrons. The maximum Gasteiger partial charge on any atom is 0.134 e. The van der Waals surface area contributed by atoms with Crippen LogP contribution in [0.25, 0.3) is 11.0 Å². The smallest absolute Gasteiger partial charge is 0.134 e. The van der Waals surface area contributed by atoms with Crippen LogP contribution in [0, 0.1) is 12.7 Å². The van der Waals surface area contributed by atoms with Crippen LogP contribution in [0.1, 0.15) is 29.9 Å². The molecule has 3 aromatic rings. The van der Waals surface area contributed by atoms with Crippen LogP contribution in [0.15, 0.2) is 47.1 Å². The van der Waals surface area contributed by atoms with Crippen LogP contribution in [-0.4, -0.2) is 11.5 Å². The molecular formula is C17H17FN2O. The number of nitrogens with zero attached hydrogens (tertiary/aromatic N) is 1. The van der Waals surface area contributed by atoms with Gasteiger partial charge in [0.05, 0.1) is 6.04 Å². The second kappa shape index (κ2) is 5.66. The molecule has 0 spiro atoms. The monoisotopic (exact) mass is 284 g/mol. The van der Waals surface area contributed by atoms with Crippen molar-refractivity contribution >= 4 is 11.0 Å². The molecule has 0 aliphatic carbocycles. The number of rotatable bonds is 4. The standard InChI is InChI=1S/C17H17FN2O/c1-3-20-17(14-10-19-7-6-11(14)2)16-9-12-8-13(18)4-5-15(12)21-16/h4-10,17,20H,3H2,1-2H3. The molecule has 2 heterocycles. The summed E-state index contributed by atoms with van der Waals surface area (Å²) >= 11 is 0. The predicted molar refractivity (Wildman–Crippen MR) is 80.7 cm³/mol. The highest BCUT2D eigenvalue weighted by molar-refractivity contribution is 5.78. The van der Waals surface area contributed by atoms with E-state index in [2.05, 4.69) is 10.3 Å². The van der Waals surface area contributed by atoms with Crippen LogP contribution < -0.4 is 5.32 Å². The third-order valence-corrected chi connectivity index (χ3v) is 3.58. The molecule has 0 aliphatic rings. The zero-order valence-electron chi connectivity index (χ0n) is 12.1. The quantitative estimate of drug-likeness (QED) is 0.787. The van der Waals surface area contributed by atoms with Crippen molar-refractivity contribution in [1.82, 2.24) is 10.3 Å². The van der Waals surface area contributed by atoms with Gasteiger partial charge in [0.1, 0.15) is 17.2 Å². The van der Waals surface area contributed by atoms with Crippen LogP contribution in [0.3, 0.4) is 0 Å². The topological polar surface area (TPSA) is 38.1 Å². The van der Waals surface area contributed by atoms with E-state index in [0.29, 0.717) is 5.58 Å². The van der Waals surface area contributed by atoms with E-state index in [4.69, 9.17) is 4.42 Å². The number of furan rings is 1. The number of aryl methyl sites for hydroxylation is 1. The first kappa shape index (κ1) is 13.8. The molecule has 1 unspecified atom stereocenters. The van der Waals surface area contributed by atoms with E-state index in [0.717, 1.165) is 28.8 Å². The van der Waals surface area contributed by atoms with Gasteiger partial charge in [-0.15, -0.1) is 0 Å². The average molecular weight is 284 g/mol. The normalized spacial score (nSPS) is 12.7. The number of hydrogen-bond donors (Lipinski definition) is 1. The van der Waals surface area contributed by atoms with E-state index in [1.54, 1.807) is 12.3 Å². The molecular weight excluding hydrogens is 267 g/mol. The fourth-order valence-electron chi connectivity index (χ4n) is 2.52. The van der Waals surface area contributed by atoms with Crippen molar-refractivity contribution in [1.29, 1.82) is 0 Å². The highest BCUT2D eigenvalue weighted by atomic mass is 19.1. The van der Waals surface area contributed by atoms with Gasteiger partial charge < -0.3 is 9.73 Å². The van der Waals surface area contributed by atoms with Gasteiger partial charge in [-0.3, -0.25) is 4.98 Å². The number of fused-ring (bicyclic) bond motifs is 1. The molecule has 0 saturated heterocycles. The van der Waals surface area contributed by atoms with Crippen molar-refractivity contribution in [3.05, 3.63) is 65.4 Å². The first-order chi connectivity index (χ1) is 10.2. The van der Waals surface area contributed by atoms with E-state index in [9.17, 15) is 4.39 Å². The van der Waals surface area contributed by atoms with Crippen molar-refractivity contribution in [2.75, 3.05) is 6.54 Å². The van der Waals surface area contributed by atoms with Crippen LogP contribution in [0.4, 0.5) is 4.39 Å². The average Bonchev–Trinajstić information content (AvgIpc) is 2.88. The lowest BCUT2D eigenvalue weighted by Crippen LogP contribution is -2.22. The first-order valence-electron chi connectivity index (χ1n) is 7.02. The Labute approximate surface area is 122 Å². The van der Waals surface area contributed by atoms with Gasteiger partial charge in [0.2, 0.25) is 0 Å². The van der Waals surface area contributed by atoms with Crippen LogP contribution in [-0.2, 0) is 0 Å². The summed E-state index contributed by atoms with van der Waals surface area (Å²) in [5.74, 6) is 0.515. The Morgan fingerprint density at radius 2 is 2.14 bits per heavy atom. The van der Waals surface area contributed by atoms with Gasteiger partial charge in [0, 0.05) is 17.8 Å². The Bertz CT molecular complexity index is 766. The molecule has 4 heteroatoms. The summed E-state index contributed by atoms with van der Waals surface area (Å²) in [5.41, 5.74) is 2.90. The third kappa shape index (κ3) is 2.67. The van der Waals surface area contributed by atoms with Crippen LogP contribution in [0.5, 0.6) is 0 Å². The molecule has 1 atom stereocenters. The number of benzene rings is 1. The molecule has 0 fully saturated rings. The minimum absolute atomic E-state index is 0.0841. The molecule has 1 aromatic carbocycles. The zero-order chi connectivity index (χ0) is 14.8. The molecule has 0 bridgehead atoms. The molecule has 2 aromatic heterocycles. The van der Waals surface area contributed by atoms with E-state index >= 15 is 0 Å². The largest absolute Gasteiger partial charge is 0.459 e. The van der Waals surface area contributed by atoms with E-state index in [1.165, 1.54) is 12.1 Å². The Morgan fingerprint density at radius 1 is 1.29 bits per heavy atom. The van der Waals surface area contributed by atoms with Gasteiger partial charge in [-0.25, -0.2) is 4.39 Å².